The predicted octanol–water partition coefficient (Wildman–Crippen LogP) is 4.84. The molecule has 2 N–H and O–H groups in total. The van der Waals surface area contributed by atoms with Gasteiger partial charge in [0.1, 0.15) is 6.54 Å². The van der Waals surface area contributed by atoms with Crippen LogP contribution in [-0.4, -0.2) is 58.5 Å². The number of hydrogen-bond donors (Lipinski definition) is 2. The Hall–Kier alpha value is -2.41. The van der Waals surface area contributed by atoms with Crippen molar-refractivity contribution in [2.24, 2.45) is 17.8 Å². The van der Waals surface area contributed by atoms with E-state index in [9.17, 15) is 19.5 Å². The second-order valence-corrected chi connectivity index (χ2v) is 12.2. The summed E-state index contributed by atoms with van der Waals surface area (Å²) in [7, 11) is 0. The van der Waals surface area contributed by atoms with Crippen LogP contribution in [0.1, 0.15) is 94.8 Å². The van der Waals surface area contributed by atoms with E-state index in [-0.39, 0.29) is 11.9 Å². The number of hydrogen-bond acceptors (Lipinski definition) is 4. The van der Waals surface area contributed by atoms with Gasteiger partial charge in [-0.15, -0.1) is 0 Å². The van der Waals surface area contributed by atoms with Crippen LogP contribution in [0.4, 0.5) is 5.69 Å². The Kier molecular flexibility index (Phi) is 7.89. The van der Waals surface area contributed by atoms with E-state index < -0.39 is 18.4 Å². The van der Waals surface area contributed by atoms with Gasteiger partial charge in [-0.2, -0.15) is 0 Å². The van der Waals surface area contributed by atoms with Gasteiger partial charge in [-0.3, -0.25) is 19.3 Å². The third-order valence-corrected chi connectivity index (χ3v) is 9.69. The molecule has 202 valence electrons. The number of nitrogens with zero attached hydrogens (tertiary/aromatic N) is 2. The zero-order valence-electron chi connectivity index (χ0n) is 22.4. The molecule has 0 spiro atoms. The van der Waals surface area contributed by atoms with Crippen molar-refractivity contribution in [3.05, 3.63) is 29.8 Å². The minimum absolute atomic E-state index is 0.102. The number of aliphatic carboxylic acids is 1. The number of carboxylic acids is 1. The summed E-state index contributed by atoms with van der Waals surface area (Å²) in [6.45, 7) is 3.22. The van der Waals surface area contributed by atoms with E-state index in [1.165, 1.54) is 64.7 Å². The quantitative estimate of drug-likeness (QED) is 0.549. The van der Waals surface area contributed by atoms with Crippen molar-refractivity contribution in [2.75, 3.05) is 11.4 Å². The number of rotatable bonds is 7. The summed E-state index contributed by atoms with van der Waals surface area (Å²) >= 11 is 0. The standard InChI is InChI=1S/C30H43N3O4/c1-3-20-11-21-13-22(12-20)15-26(14-21)33-24-7-6-8-25(33)17-23(16-24)31-30(37)27-9-4-5-10-28(27)32(19(2)34)18-29(35)36/h4-5,9-10,20-26H,3,6-8,11-18H2,1-2H3,(H,31,37)(H,35,36). The summed E-state index contributed by atoms with van der Waals surface area (Å²) in [6.07, 6.45) is 14.0. The van der Waals surface area contributed by atoms with Crippen molar-refractivity contribution in [3.63, 3.8) is 0 Å². The number of nitrogens with one attached hydrogen (secondary N) is 1. The van der Waals surface area contributed by atoms with Crippen LogP contribution in [0.25, 0.3) is 0 Å². The molecule has 4 unspecified atom stereocenters. The van der Waals surface area contributed by atoms with Gasteiger partial charge in [0, 0.05) is 31.1 Å². The number of piperidine rings is 2. The molecule has 4 bridgehead atoms. The monoisotopic (exact) mass is 509 g/mol. The van der Waals surface area contributed by atoms with Gasteiger partial charge in [0.25, 0.3) is 5.91 Å². The molecule has 37 heavy (non-hydrogen) atoms. The number of benzene rings is 1. The highest BCUT2D eigenvalue weighted by molar-refractivity contribution is 6.05. The van der Waals surface area contributed by atoms with Gasteiger partial charge in [-0.25, -0.2) is 0 Å². The molecule has 4 fully saturated rings. The lowest BCUT2D eigenvalue weighted by Gasteiger charge is -2.55. The van der Waals surface area contributed by atoms with Crippen molar-refractivity contribution in [3.8, 4) is 0 Å². The third kappa shape index (κ3) is 5.71. The van der Waals surface area contributed by atoms with E-state index in [1.807, 2.05) is 0 Å². The summed E-state index contributed by atoms with van der Waals surface area (Å²) in [6, 6.07) is 8.69. The summed E-state index contributed by atoms with van der Waals surface area (Å²) in [4.78, 5) is 41.0. The molecule has 2 aliphatic heterocycles. The van der Waals surface area contributed by atoms with Crippen LogP contribution in [-0.2, 0) is 9.59 Å². The maximum absolute atomic E-state index is 13.4. The Morgan fingerprint density at radius 2 is 1.59 bits per heavy atom. The van der Waals surface area contributed by atoms with Crippen molar-refractivity contribution in [1.82, 2.24) is 10.2 Å². The molecule has 5 rings (SSSR count). The average molecular weight is 510 g/mol. The minimum Gasteiger partial charge on any atom is -0.480 e. The minimum atomic E-state index is -1.11. The van der Waals surface area contributed by atoms with E-state index >= 15 is 0 Å². The summed E-state index contributed by atoms with van der Waals surface area (Å²) in [5.41, 5.74) is 0.712. The fourth-order valence-corrected chi connectivity index (χ4v) is 8.33. The van der Waals surface area contributed by atoms with Gasteiger partial charge in [0.15, 0.2) is 0 Å². The fourth-order valence-electron chi connectivity index (χ4n) is 8.33. The average Bonchev–Trinajstić information content (AvgIpc) is 2.85. The number of carbonyl (C=O) groups is 3. The van der Waals surface area contributed by atoms with Gasteiger partial charge in [-0.05, 0) is 87.7 Å². The second kappa shape index (κ2) is 11.1. The third-order valence-electron chi connectivity index (χ3n) is 9.69. The van der Waals surface area contributed by atoms with Crippen LogP contribution in [0.15, 0.2) is 24.3 Å². The molecule has 2 aliphatic carbocycles. The molecule has 2 saturated heterocycles. The van der Waals surface area contributed by atoms with Crippen LogP contribution >= 0.6 is 0 Å². The van der Waals surface area contributed by atoms with E-state index in [4.69, 9.17) is 0 Å². The van der Waals surface area contributed by atoms with Gasteiger partial charge in [-0.1, -0.05) is 31.9 Å². The topological polar surface area (TPSA) is 90.0 Å². The molecular formula is C30H43N3O4. The maximum atomic E-state index is 13.4. The first-order chi connectivity index (χ1) is 17.8. The Labute approximate surface area is 221 Å². The van der Waals surface area contributed by atoms with Crippen molar-refractivity contribution in [2.45, 2.75) is 109 Å². The largest absolute Gasteiger partial charge is 0.480 e. The van der Waals surface area contributed by atoms with Crippen LogP contribution in [0.2, 0.25) is 0 Å². The fraction of sp³-hybridized carbons (Fsp3) is 0.700. The first kappa shape index (κ1) is 26.2. The Morgan fingerprint density at radius 3 is 2.19 bits per heavy atom. The van der Waals surface area contributed by atoms with E-state index in [0.29, 0.717) is 29.4 Å². The lowest BCUT2D eigenvalue weighted by atomic mass is 9.65. The lowest BCUT2D eigenvalue weighted by Crippen LogP contribution is -2.61. The lowest BCUT2D eigenvalue weighted by molar-refractivity contribution is -0.136. The SMILES string of the molecule is CCC1CC2CC(C1)CC(N1C3CCCC1CC(NC(=O)c1ccccc1N(CC(=O)O)C(C)=O)C3)C2. The smallest absolute Gasteiger partial charge is 0.323 e. The molecule has 4 atom stereocenters. The van der Waals surface area contributed by atoms with Gasteiger partial charge >= 0.3 is 5.97 Å². The molecule has 0 aromatic heterocycles. The predicted molar refractivity (Wildman–Crippen MR) is 143 cm³/mol. The molecule has 7 nitrogen and oxygen atoms in total. The van der Waals surface area contributed by atoms with Crippen LogP contribution in [0, 0.1) is 17.8 Å². The number of fused-ring (bicyclic) bond motifs is 4. The van der Waals surface area contributed by atoms with E-state index in [2.05, 4.69) is 17.1 Å². The van der Waals surface area contributed by atoms with Gasteiger partial charge < -0.3 is 15.3 Å². The normalized spacial score (nSPS) is 33.4. The molecule has 2 amide bonds. The molecule has 7 heteroatoms. The van der Waals surface area contributed by atoms with Crippen LogP contribution in [0.5, 0.6) is 0 Å². The Morgan fingerprint density at radius 1 is 0.946 bits per heavy atom. The molecular weight excluding hydrogens is 466 g/mol. The van der Waals surface area contributed by atoms with Crippen LogP contribution in [0.3, 0.4) is 0 Å². The first-order valence-corrected chi connectivity index (χ1v) is 14.5. The van der Waals surface area contributed by atoms with Gasteiger partial charge in [0.2, 0.25) is 5.91 Å². The van der Waals surface area contributed by atoms with Crippen molar-refractivity contribution in [1.29, 1.82) is 0 Å². The van der Waals surface area contributed by atoms with E-state index in [1.54, 1.807) is 24.3 Å². The summed E-state index contributed by atoms with van der Waals surface area (Å²) in [5, 5.41) is 12.6. The maximum Gasteiger partial charge on any atom is 0.323 e. The molecule has 4 aliphatic rings. The number of carboxylic acid groups (broad SMARTS) is 1. The number of amides is 2. The molecule has 0 radical (unpaired) electrons. The zero-order valence-corrected chi connectivity index (χ0v) is 22.4. The molecule has 2 saturated carbocycles. The highest BCUT2D eigenvalue weighted by Gasteiger charge is 2.45. The van der Waals surface area contributed by atoms with Gasteiger partial charge in [0.05, 0.1) is 11.3 Å². The second-order valence-electron chi connectivity index (χ2n) is 12.2. The number of para-hydroxylation sites is 1. The first-order valence-electron chi connectivity index (χ1n) is 14.5. The highest BCUT2D eigenvalue weighted by Crippen LogP contribution is 2.48. The molecule has 1 aromatic carbocycles. The summed E-state index contributed by atoms with van der Waals surface area (Å²) < 4.78 is 0. The Balaban J connectivity index is 1.27. The van der Waals surface area contributed by atoms with Crippen molar-refractivity contribution < 1.29 is 19.5 Å². The van der Waals surface area contributed by atoms with E-state index in [0.717, 1.165) is 35.5 Å². The summed E-state index contributed by atoms with van der Waals surface area (Å²) in [5.74, 6) is 0.999. The Bertz CT molecular complexity index is 984. The highest BCUT2D eigenvalue weighted by atomic mass is 16.4. The molecule has 2 heterocycles. The van der Waals surface area contributed by atoms with Crippen LogP contribution < -0.4 is 10.2 Å². The van der Waals surface area contributed by atoms with Crippen molar-refractivity contribution >= 4 is 23.5 Å². The zero-order chi connectivity index (χ0) is 26.1. The number of carbonyl (C=O) groups excluding carboxylic acids is 2. The number of anilines is 1. The molecule has 1 aromatic rings.